The van der Waals surface area contributed by atoms with Gasteiger partial charge >= 0.3 is 0 Å². The molecule has 0 aromatic heterocycles. The van der Waals surface area contributed by atoms with Crippen molar-refractivity contribution in [3.05, 3.63) is 41.5 Å². The van der Waals surface area contributed by atoms with Gasteiger partial charge in [-0.1, -0.05) is 71.9 Å². The summed E-state index contributed by atoms with van der Waals surface area (Å²) >= 11 is 0. The van der Waals surface area contributed by atoms with Crippen LogP contribution in [-0.4, -0.2) is 34.6 Å². The Bertz CT molecular complexity index is 872. The van der Waals surface area contributed by atoms with Crippen molar-refractivity contribution >= 4 is 28.0 Å². The summed E-state index contributed by atoms with van der Waals surface area (Å²) in [6.07, 6.45) is 2.47. The Morgan fingerprint density at radius 3 is 1.88 bits per heavy atom. The zero-order valence-corrected chi connectivity index (χ0v) is 24.0. The lowest BCUT2D eigenvalue weighted by atomic mass is 9.81. The SMILES string of the molecule is CC(C)(C)[Si](C)(C)O[C@H]1CC[C@H]2CC(=O)C(c3ccccc3)=C2[C@@H]1O[Si](C)(C)C(C)(C)C. The van der Waals surface area contributed by atoms with Gasteiger partial charge in [-0.05, 0) is 66.2 Å². The van der Waals surface area contributed by atoms with Crippen LogP contribution in [0.2, 0.25) is 36.3 Å². The van der Waals surface area contributed by atoms with E-state index in [0.29, 0.717) is 6.42 Å². The molecule has 3 nitrogen and oxygen atoms in total. The Labute approximate surface area is 198 Å². The lowest BCUT2D eigenvalue weighted by Gasteiger charge is -2.48. The number of allylic oxidation sites excluding steroid dienone is 1. The molecule has 1 saturated carbocycles. The Hall–Kier alpha value is -1.02. The molecule has 1 fully saturated rings. The average molecular weight is 473 g/mol. The number of rotatable bonds is 5. The van der Waals surface area contributed by atoms with Gasteiger partial charge in [-0.25, -0.2) is 0 Å². The molecule has 2 aliphatic rings. The maximum atomic E-state index is 13.3. The summed E-state index contributed by atoms with van der Waals surface area (Å²) in [4.78, 5) is 13.3. The van der Waals surface area contributed by atoms with Gasteiger partial charge in [0, 0.05) is 12.0 Å². The predicted molar refractivity (Wildman–Crippen MR) is 140 cm³/mol. The van der Waals surface area contributed by atoms with Crippen molar-refractivity contribution in [2.24, 2.45) is 5.92 Å². The summed E-state index contributed by atoms with van der Waals surface area (Å²) in [7, 11) is -4.07. The van der Waals surface area contributed by atoms with E-state index in [1.165, 1.54) is 5.57 Å². The predicted octanol–water partition coefficient (Wildman–Crippen LogP) is 7.60. The minimum absolute atomic E-state index is 0.0147. The first-order valence-corrected chi connectivity index (χ1v) is 18.0. The molecule has 0 heterocycles. The van der Waals surface area contributed by atoms with Gasteiger partial charge in [-0.3, -0.25) is 4.79 Å². The highest BCUT2D eigenvalue weighted by Crippen LogP contribution is 2.50. The van der Waals surface area contributed by atoms with Crippen LogP contribution in [0.5, 0.6) is 0 Å². The summed E-state index contributed by atoms with van der Waals surface area (Å²) in [5.41, 5.74) is 3.16. The molecule has 1 aromatic rings. The molecule has 5 heteroatoms. The van der Waals surface area contributed by atoms with E-state index in [-0.39, 0.29) is 34.0 Å². The van der Waals surface area contributed by atoms with E-state index in [1.807, 2.05) is 18.2 Å². The summed E-state index contributed by atoms with van der Waals surface area (Å²) in [5.74, 6) is 0.555. The van der Waals surface area contributed by atoms with Crippen molar-refractivity contribution in [2.45, 2.75) is 109 Å². The molecule has 2 aliphatic carbocycles. The van der Waals surface area contributed by atoms with Crippen molar-refractivity contribution in [3.63, 3.8) is 0 Å². The second kappa shape index (κ2) is 8.64. The highest BCUT2D eigenvalue weighted by Gasteiger charge is 2.50. The van der Waals surface area contributed by atoms with Crippen LogP contribution in [0.1, 0.15) is 66.4 Å². The van der Waals surface area contributed by atoms with Gasteiger partial charge in [0.2, 0.25) is 0 Å². The fourth-order valence-electron chi connectivity index (χ4n) is 4.39. The van der Waals surface area contributed by atoms with Crippen LogP contribution in [0.3, 0.4) is 0 Å². The molecule has 1 aromatic carbocycles. The van der Waals surface area contributed by atoms with E-state index in [4.69, 9.17) is 8.85 Å². The molecule has 0 N–H and O–H groups in total. The van der Waals surface area contributed by atoms with Crippen molar-refractivity contribution in [1.82, 2.24) is 0 Å². The van der Waals surface area contributed by atoms with E-state index in [9.17, 15) is 4.79 Å². The van der Waals surface area contributed by atoms with Gasteiger partial charge in [0.25, 0.3) is 0 Å². The first-order valence-electron chi connectivity index (χ1n) is 12.2. The molecule has 0 unspecified atom stereocenters. The van der Waals surface area contributed by atoms with Gasteiger partial charge in [0.15, 0.2) is 22.4 Å². The van der Waals surface area contributed by atoms with Gasteiger partial charge < -0.3 is 8.85 Å². The van der Waals surface area contributed by atoms with Crippen LogP contribution in [0.4, 0.5) is 0 Å². The molecular formula is C27H44O3Si2. The summed E-state index contributed by atoms with van der Waals surface area (Å²) in [6.45, 7) is 23.0. The van der Waals surface area contributed by atoms with Crippen LogP contribution in [0, 0.1) is 5.92 Å². The zero-order chi connectivity index (χ0) is 24.1. The zero-order valence-electron chi connectivity index (χ0n) is 22.0. The van der Waals surface area contributed by atoms with Crippen LogP contribution in [0.15, 0.2) is 35.9 Å². The maximum absolute atomic E-state index is 13.3. The second-order valence-electron chi connectivity index (χ2n) is 12.8. The lowest BCUT2D eigenvalue weighted by Crippen LogP contribution is -2.54. The second-order valence-corrected chi connectivity index (χ2v) is 22.3. The van der Waals surface area contributed by atoms with Crippen molar-refractivity contribution in [3.8, 4) is 0 Å². The molecular weight excluding hydrogens is 428 g/mol. The molecule has 0 aliphatic heterocycles. The van der Waals surface area contributed by atoms with Crippen LogP contribution in [-0.2, 0) is 13.6 Å². The molecule has 0 spiro atoms. The van der Waals surface area contributed by atoms with Crippen LogP contribution < -0.4 is 0 Å². The third-order valence-electron chi connectivity index (χ3n) is 8.43. The molecule has 0 saturated heterocycles. The Kier molecular flexibility index (Phi) is 6.92. The Balaban J connectivity index is 2.12. The van der Waals surface area contributed by atoms with E-state index in [0.717, 1.165) is 24.0 Å². The third-order valence-corrected chi connectivity index (χ3v) is 17.4. The van der Waals surface area contributed by atoms with Gasteiger partial charge in [0.05, 0.1) is 12.2 Å². The fourth-order valence-corrected chi connectivity index (χ4v) is 7.01. The highest BCUT2D eigenvalue weighted by molar-refractivity contribution is 6.74. The van der Waals surface area contributed by atoms with Gasteiger partial charge in [-0.2, -0.15) is 0 Å². The molecule has 3 atom stereocenters. The number of hydrogen-bond donors (Lipinski definition) is 0. The number of ketones is 1. The smallest absolute Gasteiger partial charge is 0.193 e. The van der Waals surface area contributed by atoms with E-state index < -0.39 is 16.6 Å². The number of hydrogen-bond acceptors (Lipinski definition) is 3. The third kappa shape index (κ3) is 4.91. The topological polar surface area (TPSA) is 35.5 Å². The standard InChI is InChI=1S/C27H44O3Si2/c1-26(2,3)31(7,8)29-22-17-16-20-18-21(28)23(19-14-12-11-13-15-19)24(20)25(22)30-32(9,10)27(4,5)6/h11-15,20,22,25H,16-18H2,1-10H3/t20-,22-,25+/m0/s1. The van der Waals surface area contributed by atoms with Crippen LogP contribution in [0.25, 0.3) is 5.57 Å². The maximum Gasteiger partial charge on any atom is 0.193 e. The minimum Gasteiger partial charge on any atom is -0.411 e. The normalized spacial score (nSPS) is 25.3. The summed E-state index contributed by atoms with van der Waals surface area (Å²) < 4.78 is 14.2. The van der Waals surface area contributed by atoms with Crippen molar-refractivity contribution < 1.29 is 13.6 Å². The van der Waals surface area contributed by atoms with E-state index in [2.05, 4.69) is 79.9 Å². The highest BCUT2D eigenvalue weighted by atomic mass is 28.4. The van der Waals surface area contributed by atoms with Gasteiger partial charge in [-0.15, -0.1) is 0 Å². The summed E-state index contributed by atoms with van der Waals surface area (Å²) in [5, 5.41) is 0.227. The van der Waals surface area contributed by atoms with Gasteiger partial charge in [0.1, 0.15) is 0 Å². The number of Topliss-reactive ketones (excluding diaryl/α,β-unsaturated/α-hetero) is 1. The molecule has 178 valence electrons. The number of carbonyl (C=O) groups is 1. The molecule has 0 radical (unpaired) electrons. The van der Waals surface area contributed by atoms with Crippen LogP contribution >= 0.6 is 0 Å². The fraction of sp³-hybridized carbons (Fsp3) is 0.667. The van der Waals surface area contributed by atoms with Crippen molar-refractivity contribution in [1.29, 1.82) is 0 Å². The lowest BCUT2D eigenvalue weighted by molar-refractivity contribution is -0.113. The van der Waals surface area contributed by atoms with E-state index >= 15 is 0 Å². The molecule has 32 heavy (non-hydrogen) atoms. The number of carbonyl (C=O) groups excluding carboxylic acids is 1. The average Bonchev–Trinajstić information content (AvgIpc) is 2.98. The van der Waals surface area contributed by atoms with Crippen molar-refractivity contribution in [2.75, 3.05) is 0 Å². The quantitative estimate of drug-likeness (QED) is 0.414. The van der Waals surface area contributed by atoms with E-state index in [1.54, 1.807) is 0 Å². The first-order chi connectivity index (χ1) is 14.6. The summed E-state index contributed by atoms with van der Waals surface area (Å²) in [6, 6.07) is 10.2. The Morgan fingerprint density at radius 2 is 1.34 bits per heavy atom. The minimum atomic E-state index is -2.08. The molecule has 0 amide bonds. The number of fused-ring (bicyclic) bond motifs is 1. The largest absolute Gasteiger partial charge is 0.411 e. The Morgan fingerprint density at radius 1 is 0.812 bits per heavy atom. The molecule has 0 bridgehead atoms. The molecule has 3 rings (SSSR count). The monoisotopic (exact) mass is 472 g/mol. The number of benzene rings is 1. The first kappa shape index (κ1) is 25.6.